The molecule has 1 rings (SSSR count). The lowest BCUT2D eigenvalue weighted by molar-refractivity contribution is 0.471. The number of phenols is 1. The highest BCUT2D eigenvalue weighted by Gasteiger charge is 2.03. The summed E-state index contributed by atoms with van der Waals surface area (Å²) in [4.78, 5) is 0. The molecule has 0 spiro atoms. The van der Waals surface area contributed by atoms with Crippen molar-refractivity contribution in [1.29, 1.82) is 0 Å². The minimum Gasteiger partial charge on any atom is -0.507 e. The zero-order valence-corrected chi connectivity index (χ0v) is 8.41. The predicted molar refractivity (Wildman–Crippen MR) is 50.2 cm³/mol. The Morgan fingerprint density at radius 2 is 2.18 bits per heavy atom. The summed E-state index contributed by atoms with van der Waals surface area (Å²) in [5.74, 6) is 0.242. The summed E-state index contributed by atoms with van der Waals surface area (Å²) in [5.41, 5.74) is 0.965. The van der Waals surface area contributed by atoms with Crippen molar-refractivity contribution in [2.24, 2.45) is 0 Å². The average Bonchev–Trinajstić information content (AvgIpc) is 1.97. The molecule has 1 aromatic rings. The highest BCUT2D eigenvalue weighted by Crippen LogP contribution is 2.30. The summed E-state index contributed by atoms with van der Waals surface area (Å²) < 4.78 is 0.639. The molecule has 0 unspecified atom stereocenters. The summed E-state index contributed by atoms with van der Waals surface area (Å²) in [6.45, 7) is 1.99. The Morgan fingerprint density at radius 1 is 1.55 bits per heavy atom. The van der Waals surface area contributed by atoms with Gasteiger partial charge in [-0.15, -0.1) is 0 Å². The van der Waals surface area contributed by atoms with Crippen LogP contribution < -0.4 is 0 Å². The van der Waals surface area contributed by atoms with Gasteiger partial charge in [-0.3, -0.25) is 0 Å². The SMILES string of the molecule is CCc1cc(O)c(Br)cc1Cl. The van der Waals surface area contributed by atoms with Crippen molar-refractivity contribution in [3.05, 3.63) is 27.2 Å². The Hall–Kier alpha value is -0.210. The first-order valence-electron chi connectivity index (χ1n) is 3.32. The van der Waals surface area contributed by atoms with E-state index in [1.165, 1.54) is 0 Å². The van der Waals surface area contributed by atoms with E-state index in [2.05, 4.69) is 15.9 Å². The molecule has 0 aromatic heterocycles. The van der Waals surface area contributed by atoms with Crippen molar-refractivity contribution in [3.63, 3.8) is 0 Å². The van der Waals surface area contributed by atoms with Crippen LogP contribution in [0.3, 0.4) is 0 Å². The molecule has 60 valence electrons. The van der Waals surface area contributed by atoms with Gasteiger partial charge in [0.2, 0.25) is 0 Å². The van der Waals surface area contributed by atoms with Crippen LogP contribution in [-0.4, -0.2) is 5.11 Å². The number of rotatable bonds is 1. The number of aromatic hydroxyl groups is 1. The van der Waals surface area contributed by atoms with Gasteiger partial charge in [0.05, 0.1) is 4.47 Å². The third kappa shape index (κ3) is 1.88. The molecular weight excluding hydrogens is 227 g/mol. The van der Waals surface area contributed by atoms with E-state index in [0.717, 1.165) is 12.0 Å². The fraction of sp³-hybridized carbons (Fsp3) is 0.250. The normalized spacial score (nSPS) is 10.1. The molecule has 0 aliphatic carbocycles. The molecule has 0 radical (unpaired) electrons. The maximum atomic E-state index is 9.25. The smallest absolute Gasteiger partial charge is 0.130 e. The third-order valence-corrected chi connectivity index (χ3v) is 2.48. The van der Waals surface area contributed by atoms with E-state index in [1.54, 1.807) is 12.1 Å². The number of benzene rings is 1. The number of phenolic OH excluding ortho intramolecular Hbond substituents is 1. The van der Waals surface area contributed by atoms with Crippen LogP contribution in [0.4, 0.5) is 0 Å². The second-order valence-corrected chi connectivity index (χ2v) is 3.51. The fourth-order valence-corrected chi connectivity index (χ4v) is 1.62. The van der Waals surface area contributed by atoms with Crippen molar-refractivity contribution in [2.45, 2.75) is 13.3 Å². The van der Waals surface area contributed by atoms with Crippen LogP contribution in [0, 0.1) is 0 Å². The second kappa shape index (κ2) is 3.46. The molecule has 0 heterocycles. The van der Waals surface area contributed by atoms with E-state index in [1.807, 2.05) is 6.92 Å². The van der Waals surface area contributed by atoms with Gasteiger partial charge in [0, 0.05) is 5.02 Å². The highest BCUT2D eigenvalue weighted by atomic mass is 79.9. The summed E-state index contributed by atoms with van der Waals surface area (Å²) in [5, 5.41) is 9.94. The molecule has 0 bridgehead atoms. The van der Waals surface area contributed by atoms with Crippen molar-refractivity contribution >= 4 is 27.5 Å². The summed E-state index contributed by atoms with van der Waals surface area (Å²) >= 11 is 9.04. The maximum absolute atomic E-state index is 9.25. The highest BCUT2D eigenvalue weighted by molar-refractivity contribution is 9.10. The third-order valence-electron chi connectivity index (χ3n) is 1.50. The standard InChI is InChI=1S/C8H8BrClO/c1-2-5-3-8(11)6(9)4-7(5)10/h3-4,11H,2H2,1H3. The zero-order chi connectivity index (χ0) is 8.43. The van der Waals surface area contributed by atoms with Gasteiger partial charge in [-0.2, -0.15) is 0 Å². The van der Waals surface area contributed by atoms with Crippen LogP contribution in [0.25, 0.3) is 0 Å². The van der Waals surface area contributed by atoms with Crippen molar-refractivity contribution < 1.29 is 5.11 Å². The molecule has 0 amide bonds. The van der Waals surface area contributed by atoms with Crippen LogP contribution in [0.5, 0.6) is 5.75 Å². The lowest BCUT2D eigenvalue weighted by Crippen LogP contribution is -1.82. The van der Waals surface area contributed by atoms with Gasteiger partial charge in [-0.25, -0.2) is 0 Å². The first kappa shape index (κ1) is 8.88. The van der Waals surface area contributed by atoms with Gasteiger partial charge in [-0.05, 0) is 40.0 Å². The van der Waals surface area contributed by atoms with Gasteiger partial charge in [-0.1, -0.05) is 18.5 Å². The lowest BCUT2D eigenvalue weighted by Gasteiger charge is -2.02. The van der Waals surface area contributed by atoms with Crippen LogP contribution >= 0.6 is 27.5 Å². The topological polar surface area (TPSA) is 20.2 Å². The number of halogens is 2. The molecular formula is C8H8BrClO. The van der Waals surface area contributed by atoms with E-state index in [0.29, 0.717) is 9.50 Å². The molecule has 1 N–H and O–H groups in total. The number of hydrogen-bond donors (Lipinski definition) is 1. The Morgan fingerprint density at radius 3 is 2.73 bits per heavy atom. The molecule has 0 atom stereocenters. The van der Waals surface area contributed by atoms with Gasteiger partial charge >= 0.3 is 0 Å². The molecule has 0 saturated heterocycles. The quantitative estimate of drug-likeness (QED) is 0.791. The van der Waals surface area contributed by atoms with Crippen molar-refractivity contribution in [1.82, 2.24) is 0 Å². The Bertz CT molecular complexity index is 273. The first-order valence-corrected chi connectivity index (χ1v) is 4.49. The molecule has 1 aromatic carbocycles. The van der Waals surface area contributed by atoms with Crippen LogP contribution in [0.1, 0.15) is 12.5 Å². The summed E-state index contributed by atoms with van der Waals surface area (Å²) in [6.07, 6.45) is 0.833. The fourth-order valence-electron chi connectivity index (χ4n) is 0.852. The average molecular weight is 236 g/mol. The molecule has 1 nitrogen and oxygen atoms in total. The van der Waals surface area contributed by atoms with Gasteiger partial charge < -0.3 is 5.11 Å². The van der Waals surface area contributed by atoms with Gasteiger partial charge in [0.15, 0.2) is 0 Å². The van der Waals surface area contributed by atoms with Crippen molar-refractivity contribution in [3.8, 4) is 5.75 Å². The Kier molecular flexibility index (Phi) is 2.79. The second-order valence-electron chi connectivity index (χ2n) is 2.25. The van der Waals surface area contributed by atoms with Crippen LogP contribution in [0.15, 0.2) is 16.6 Å². The van der Waals surface area contributed by atoms with E-state index in [9.17, 15) is 5.11 Å². The molecule has 0 fully saturated rings. The number of hydrogen-bond acceptors (Lipinski definition) is 1. The zero-order valence-electron chi connectivity index (χ0n) is 6.06. The minimum absolute atomic E-state index is 0.242. The van der Waals surface area contributed by atoms with E-state index < -0.39 is 0 Å². The van der Waals surface area contributed by atoms with E-state index in [4.69, 9.17) is 11.6 Å². The molecule has 11 heavy (non-hydrogen) atoms. The Labute approximate surface area is 79.1 Å². The summed E-state index contributed by atoms with van der Waals surface area (Å²) in [6, 6.07) is 3.38. The van der Waals surface area contributed by atoms with E-state index in [-0.39, 0.29) is 5.75 Å². The molecule has 0 aliphatic heterocycles. The minimum atomic E-state index is 0.242. The number of aryl methyl sites for hydroxylation is 1. The van der Waals surface area contributed by atoms with Crippen LogP contribution in [-0.2, 0) is 6.42 Å². The maximum Gasteiger partial charge on any atom is 0.130 e. The largest absolute Gasteiger partial charge is 0.507 e. The monoisotopic (exact) mass is 234 g/mol. The lowest BCUT2D eigenvalue weighted by atomic mass is 10.2. The van der Waals surface area contributed by atoms with Crippen LogP contribution in [0.2, 0.25) is 5.02 Å². The van der Waals surface area contributed by atoms with E-state index >= 15 is 0 Å². The summed E-state index contributed by atoms with van der Waals surface area (Å²) in [7, 11) is 0. The Balaban J connectivity index is 3.21. The van der Waals surface area contributed by atoms with Crippen molar-refractivity contribution in [2.75, 3.05) is 0 Å². The first-order chi connectivity index (χ1) is 5.15. The predicted octanol–water partition coefficient (Wildman–Crippen LogP) is 3.37. The molecule has 3 heteroatoms. The molecule has 0 aliphatic rings. The molecule has 0 saturated carbocycles. The van der Waals surface area contributed by atoms with Gasteiger partial charge in [0.1, 0.15) is 5.75 Å². The van der Waals surface area contributed by atoms with Gasteiger partial charge in [0.25, 0.3) is 0 Å².